The van der Waals surface area contributed by atoms with E-state index in [9.17, 15) is 9.18 Å². The number of amides is 1. The quantitative estimate of drug-likeness (QED) is 0.835. The van der Waals surface area contributed by atoms with E-state index in [-0.39, 0.29) is 10.9 Å². The number of hydrogen-bond donors (Lipinski definition) is 1. The lowest BCUT2D eigenvalue weighted by atomic mass is 10.2. The highest BCUT2D eigenvalue weighted by atomic mass is 35.5. The molecule has 23 heavy (non-hydrogen) atoms. The Labute approximate surface area is 138 Å². The number of anilines is 1. The van der Waals surface area contributed by atoms with Gasteiger partial charge >= 0.3 is 0 Å². The van der Waals surface area contributed by atoms with Gasteiger partial charge in [-0.15, -0.1) is 0 Å². The summed E-state index contributed by atoms with van der Waals surface area (Å²) in [5, 5.41) is 2.55. The Morgan fingerprint density at radius 3 is 2.35 bits per heavy atom. The van der Waals surface area contributed by atoms with Gasteiger partial charge in [-0.05, 0) is 42.0 Å². The van der Waals surface area contributed by atoms with Crippen LogP contribution in [0.1, 0.15) is 5.56 Å². The molecule has 0 saturated carbocycles. The summed E-state index contributed by atoms with van der Waals surface area (Å²) >= 11 is 5.66. The van der Waals surface area contributed by atoms with E-state index in [4.69, 9.17) is 21.1 Å². The largest absolute Gasteiger partial charge is 0.497 e. The molecule has 4 nitrogen and oxygen atoms in total. The summed E-state index contributed by atoms with van der Waals surface area (Å²) < 4.78 is 23.4. The molecular formula is C17H15ClFNO3. The van der Waals surface area contributed by atoms with Gasteiger partial charge in [0.05, 0.1) is 19.2 Å². The van der Waals surface area contributed by atoms with Crippen LogP contribution < -0.4 is 14.8 Å². The summed E-state index contributed by atoms with van der Waals surface area (Å²) in [7, 11) is 3.10. The van der Waals surface area contributed by atoms with Gasteiger partial charge in [0.15, 0.2) is 0 Å². The molecule has 0 aliphatic carbocycles. The van der Waals surface area contributed by atoms with Gasteiger partial charge < -0.3 is 14.8 Å². The van der Waals surface area contributed by atoms with Crippen molar-refractivity contribution < 1.29 is 18.7 Å². The molecule has 0 aliphatic heterocycles. The van der Waals surface area contributed by atoms with Gasteiger partial charge in [0.2, 0.25) is 5.91 Å². The van der Waals surface area contributed by atoms with Crippen molar-refractivity contribution >= 4 is 29.3 Å². The van der Waals surface area contributed by atoms with Crippen molar-refractivity contribution in [3.63, 3.8) is 0 Å². The standard InChI is InChI=1S/C17H15ClFNO3/c1-22-13-7-11(8-14(10-13)23-2)3-6-17(21)20-12-4-5-16(19)15(18)9-12/h3-10H,1-2H3,(H,20,21)/b6-3+. The molecule has 2 aromatic rings. The molecule has 2 rings (SSSR count). The van der Waals surface area contributed by atoms with Crippen LogP contribution in [-0.2, 0) is 4.79 Å². The second kappa shape index (κ2) is 7.65. The summed E-state index contributed by atoms with van der Waals surface area (Å²) in [6.45, 7) is 0. The minimum atomic E-state index is -0.538. The fraction of sp³-hybridized carbons (Fsp3) is 0.118. The fourth-order valence-corrected chi connectivity index (χ4v) is 2.04. The number of nitrogens with one attached hydrogen (secondary N) is 1. The average Bonchev–Trinajstić information content (AvgIpc) is 2.56. The lowest BCUT2D eigenvalue weighted by molar-refractivity contribution is -0.111. The minimum absolute atomic E-state index is 0.0516. The summed E-state index contributed by atoms with van der Waals surface area (Å²) in [5.74, 6) is 0.336. The SMILES string of the molecule is COc1cc(/C=C/C(=O)Nc2ccc(F)c(Cl)c2)cc(OC)c1. The van der Waals surface area contributed by atoms with Crippen LogP contribution in [0.15, 0.2) is 42.5 Å². The van der Waals surface area contributed by atoms with Crippen LogP contribution in [0, 0.1) is 5.82 Å². The first kappa shape index (κ1) is 16.8. The highest BCUT2D eigenvalue weighted by molar-refractivity contribution is 6.31. The second-order valence-corrected chi connectivity index (χ2v) is 5.00. The molecule has 0 bridgehead atoms. The number of benzene rings is 2. The molecule has 2 aromatic carbocycles. The Kier molecular flexibility index (Phi) is 5.60. The van der Waals surface area contributed by atoms with E-state index in [2.05, 4.69) is 5.32 Å². The molecule has 0 fully saturated rings. The van der Waals surface area contributed by atoms with Crippen molar-refractivity contribution in [2.45, 2.75) is 0 Å². The van der Waals surface area contributed by atoms with Crippen molar-refractivity contribution in [1.29, 1.82) is 0 Å². The first-order valence-electron chi connectivity index (χ1n) is 6.69. The molecule has 0 aromatic heterocycles. The summed E-state index contributed by atoms with van der Waals surface area (Å²) in [4.78, 5) is 11.9. The smallest absolute Gasteiger partial charge is 0.248 e. The highest BCUT2D eigenvalue weighted by Gasteiger charge is 2.04. The average molecular weight is 336 g/mol. The van der Waals surface area contributed by atoms with E-state index in [1.807, 2.05) is 0 Å². The lowest BCUT2D eigenvalue weighted by Gasteiger charge is -2.06. The molecule has 1 amide bonds. The Balaban J connectivity index is 2.10. The maximum absolute atomic E-state index is 13.1. The second-order valence-electron chi connectivity index (χ2n) is 4.60. The zero-order valence-corrected chi connectivity index (χ0v) is 13.4. The normalized spacial score (nSPS) is 10.6. The zero-order chi connectivity index (χ0) is 16.8. The molecule has 0 spiro atoms. The van der Waals surface area contributed by atoms with Crippen molar-refractivity contribution in [3.8, 4) is 11.5 Å². The van der Waals surface area contributed by atoms with E-state index < -0.39 is 5.82 Å². The van der Waals surface area contributed by atoms with Gasteiger partial charge in [-0.3, -0.25) is 4.79 Å². The summed E-state index contributed by atoms with van der Waals surface area (Å²) in [6, 6.07) is 9.23. The molecule has 0 unspecified atom stereocenters. The van der Waals surface area contributed by atoms with Crippen LogP contribution in [-0.4, -0.2) is 20.1 Å². The monoisotopic (exact) mass is 335 g/mol. The number of carbonyl (C=O) groups is 1. The Bertz CT molecular complexity index is 724. The van der Waals surface area contributed by atoms with Gasteiger partial charge in [-0.2, -0.15) is 0 Å². The van der Waals surface area contributed by atoms with Crippen molar-refractivity contribution in [3.05, 3.63) is 58.9 Å². The lowest BCUT2D eigenvalue weighted by Crippen LogP contribution is -2.07. The maximum atomic E-state index is 13.1. The van der Waals surface area contributed by atoms with Crippen LogP contribution in [0.5, 0.6) is 11.5 Å². The van der Waals surface area contributed by atoms with Gasteiger partial charge in [0, 0.05) is 17.8 Å². The topological polar surface area (TPSA) is 47.6 Å². The van der Waals surface area contributed by atoms with E-state index in [0.717, 1.165) is 5.56 Å². The molecule has 6 heteroatoms. The molecule has 1 N–H and O–H groups in total. The van der Waals surface area contributed by atoms with E-state index >= 15 is 0 Å². The third kappa shape index (κ3) is 4.72. The molecule has 0 radical (unpaired) electrons. The van der Waals surface area contributed by atoms with E-state index in [1.165, 1.54) is 24.3 Å². The predicted octanol–water partition coefficient (Wildman–Crippen LogP) is 4.15. The predicted molar refractivity (Wildman–Crippen MR) is 88.6 cm³/mol. The first-order valence-corrected chi connectivity index (χ1v) is 7.07. The number of methoxy groups -OCH3 is 2. The van der Waals surface area contributed by atoms with Crippen LogP contribution in [0.2, 0.25) is 5.02 Å². The van der Waals surface area contributed by atoms with Gasteiger partial charge in [0.25, 0.3) is 0 Å². The van der Waals surface area contributed by atoms with Crippen LogP contribution >= 0.6 is 11.6 Å². The van der Waals surface area contributed by atoms with Gasteiger partial charge in [-0.1, -0.05) is 11.6 Å². The molecule has 0 atom stereocenters. The number of ether oxygens (including phenoxy) is 2. The van der Waals surface area contributed by atoms with Crippen molar-refractivity contribution in [2.75, 3.05) is 19.5 Å². The van der Waals surface area contributed by atoms with Crippen LogP contribution in [0.4, 0.5) is 10.1 Å². The Morgan fingerprint density at radius 2 is 1.78 bits per heavy atom. The molecular weight excluding hydrogens is 321 g/mol. The number of rotatable bonds is 5. The first-order chi connectivity index (χ1) is 11.0. The van der Waals surface area contributed by atoms with Crippen molar-refractivity contribution in [1.82, 2.24) is 0 Å². The summed E-state index contributed by atoms with van der Waals surface area (Å²) in [6.07, 6.45) is 2.97. The minimum Gasteiger partial charge on any atom is -0.497 e. The van der Waals surface area contributed by atoms with Crippen LogP contribution in [0.3, 0.4) is 0 Å². The molecule has 0 saturated heterocycles. The molecule has 0 heterocycles. The molecule has 0 aliphatic rings. The van der Waals surface area contributed by atoms with E-state index in [0.29, 0.717) is 17.2 Å². The number of halogens is 2. The number of carbonyl (C=O) groups excluding carboxylic acids is 1. The van der Waals surface area contributed by atoms with Crippen molar-refractivity contribution in [2.24, 2.45) is 0 Å². The van der Waals surface area contributed by atoms with Gasteiger partial charge in [0.1, 0.15) is 17.3 Å². The zero-order valence-electron chi connectivity index (χ0n) is 12.6. The number of hydrogen-bond acceptors (Lipinski definition) is 3. The van der Waals surface area contributed by atoms with Gasteiger partial charge in [-0.25, -0.2) is 4.39 Å². The van der Waals surface area contributed by atoms with Crippen LogP contribution in [0.25, 0.3) is 6.08 Å². The highest BCUT2D eigenvalue weighted by Crippen LogP contribution is 2.23. The van der Waals surface area contributed by atoms with E-state index in [1.54, 1.807) is 38.5 Å². The maximum Gasteiger partial charge on any atom is 0.248 e. The Hall–Kier alpha value is -2.53. The molecule has 120 valence electrons. The third-order valence-corrected chi connectivity index (χ3v) is 3.28. The third-order valence-electron chi connectivity index (χ3n) is 2.99. The fourth-order valence-electron chi connectivity index (χ4n) is 1.86. The Morgan fingerprint density at radius 1 is 1.13 bits per heavy atom. The summed E-state index contributed by atoms with van der Waals surface area (Å²) in [5.41, 5.74) is 1.16.